The third kappa shape index (κ3) is 4.38. The molecule has 2 N–H and O–H groups in total. The van der Waals surface area contributed by atoms with Crippen LogP contribution in [-0.4, -0.2) is 30.5 Å². The van der Waals surface area contributed by atoms with Crippen LogP contribution in [-0.2, 0) is 6.42 Å². The minimum atomic E-state index is -0.0119. The summed E-state index contributed by atoms with van der Waals surface area (Å²) in [4.78, 5) is 17.2. The highest BCUT2D eigenvalue weighted by Gasteiger charge is 2.15. The van der Waals surface area contributed by atoms with E-state index in [9.17, 15) is 4.79 Å². The molecule has 0 fully saturated rings. The van der Waals surface area contributed by atoms with E-state index in [0.717, 1.165) is 22.0 Å². The fourth-order valence-corrected chi connectivity index (χ4v) is 2.72. The maximum absolute atomic E-state index is 12.0. The molecule has 0 spiro atoms. The normalized spacial score (nSPS) is 12.8. The molecular weight excluding hydrogens is 246 g/mol. The predicted octanol–water partition coefficient (Wildman–Crippen LogP) is 1.99. The summed E-state index contributed by atoms with van der Waals surface area (Å²) in [5.74, 6) is 0.554. The minimum absolute atomic E-state index is 0.0119. The second kappa shape index (κ2) is 6.85. The van der Waals surface area contributed by atoms with Gasteiger partial charge in [0.15, 0.2) is 0 Å². The molecule has 0 saturated carbocycles. The van der Waals surface area contributed by atoms with Gasteiger partial charge in [-0.2, -0.15) is 0 Å². The zero-order chi connectivity index (χ0) is 13.7. The van der Waals surface area contributed by atoms with Crippen molar-refractivity contribution in [3.63, 3.8) is 0 Å². The Kier molecular flexibility index (Phi) is 5.75. The average molecular weight is 269 g/mol. The van der Waals surface area contributed by atoms with Gasteiger partial charge in [-0.05, 0) is 26.8 Å². The first-order chi connectivity index (χ1) is 8.43. The highest BCUT2D eigenvalue weighted by Crippen LogP contribution is 2.20. The van der Waals surface area contributed by atoms with Gasteiger partial charge in [0.2, 0.25) is 0 Å². The number of carbonyl (C=O) groups is 1. The molecule has 0 bridgehead atoms. The van der Waals surface area contributed by atoms with Crippen molar-refractivity contribution in [1.29, 1.82) is 0 Å². The van der Waals surface area contributed by atoms with Crippen LogP contribution in [0.15, 0.2) is 0 Å². The van der Waals surface area contributed by atoms with Crippen molar-refractivity contribution in [2.45, 2.75) is 40.2 Å². The minimum Gasteiger partial charge on any atom is -0.350 e. The fourth-order valence-electron chi connectivity index (χ4n) is 1.53. The van der Waals surface area contributed by atoms with E-state index in [0.29, 0.717) is 12.5 Å². The van der Waals surface area contributed by atoms with Crippen LogP contribution in [0.1, 0.15) is 41.1 Å². The first-order valence-electron chi connectivity index (χ1n) is 6.35. The zero-order valence-corrected chi connectivity index (χ0v) is 12.6. The van der Waals surface area contributed by atoms with Crippen LogP contribution >= 0.6 is 11.3 Å². The van der Waals surface area contributed by atoms with Gasteiger partial charge in [0.05, 0.1) is 10.7 Å². The quantitative estimate of drug-likeness (QED) is 0.830. The van der Waals surface area contributed by atoms with Crippen LogP contribution in [0.2, 0.25) is 0 Å². The molecule has 0 saturated heterocycles. The van der Waals surface area contributed by atoms with Crippen LogP contribution in [0.3, 0.4) is 0 Å². The highest BCUT2D eigenvalue weighted by atomic mass is 32.1. The molecule has 1 rings (SSSR count). The lowest BCUT2D eigenvalue weighted by molar-refractivity contribution is 0.0954. The van der Waals surface area contributed by atoms with E-state index in [1.54, 1.807) is 0 Å². The molecule has 1 unspecified atom stereocenters. The summed E-state index contributed by atoms with van der Waals surface area (Å²) in [5, 5.41) is 7.07. The second-order valence-electron chi connectivity index (χ2n) is 5.02. The van der Waals surface area contributed by atoms with Crippen LogP contribution in [0.25, 0.3) is 0 Å². The number of hydrogen-bond donors (Lipinski definition) is 2. The number of nitrogens with zero attached hydrogens (tertiary/aromatic N) is 1. The summed E-state index contributed by atoms with van der Waals surface area (Å²) in [6.07, 6.45) is 0.936. The number of hydrogen-bond acceptors (Lipinski definition) is 4. The summed E-state index contributed by atoms with van der Waals surface area (Å²) in [7, 11) is 1.88. The molecule has 18 heavy (non-hydrogen) atoms. The Labute approximate surface area is 113 Å². The lowest BCUT2D eigenvalue weighted by atomic mass is 10.1. The van der Waals surface area contributed by atoms with Crippen molar-refractivity contribution in [2.75, 3.05) is 13.6 Å². The largest absolute Gasteiger partial charge is 0.350 e. The summed E-state index contributed by atoms with van der Waals surface area (Å²) in [5.41, 5.74) is 0.838. The summed E-state index contributed by atoms with van der Waals surface area (Å²) < 4.78 is 0. The van der Waals surface area contributed by atoms with Gasteiger partial charge in [-0.1, -0.05) is 13.8 Å². The van der Waals surface area contributed by atoms with E-state index in [-0.39, 0.29) is 11.9 Å². The van der Waals surface area contributed by atoms with E-state index in [4.69, 9.17) is 0 Å². The van der Waals surface area contributed by atoms with Gasteiger partial charge in [-0.15, -0.1) is 11.3 Å². The van der Waals surface area contributed by atoms with Crippen LogP contribution in [0.5, 0.6) is 0 Å². The lowest BCUT2D eigenvalue weighted by Crippen LogP contribution is -2.37. The number of likely N-dealkylation sites (N-methyl/N-ethyl adjacent to an activating group) is 1. The third-order valence-corrected chi connectivity index (χ3v) is 3.87. The van der Waals surface area contributed by atoms with E-state index >= 15 is 0 Å². The number of aryl methyl sites for hydroxylation is 1. The lowest BCUT2D eigenvalue weighted by Gasteiger charge is -2.10. The van der Waals surface area contributed by atoms with E-state index in [2.05, 4.69) is 29.5 Å². The first-order valence-corrected chi connectivity index (χ1v) is 7.17. The number of aromatic nitrogens is 1. The molecule has 0 radical (unpaired) electrons. The Morgan fingerprint density at radius 1 is 1.39 bits per heavy atom. The maximum atomic E-state index is 12.0. The summed E-state index contributed by atoms with van der Waals surface area (Å²) >= 11 is 1.51. The van der Waals surface area contributed by atoms with Gasteiger partial charge < -0.3 is 10.6 Å². The van der Waals surface area contributed by atoms with Crippen molar-refractivity contribution in [3.8, 4) is 0 Å². The van der Waals surface area contributed by atoms with Gasteiger partial charge >= 0.3 is 0 Å². The molecule has 5 heteroatoms. The van der Waals surface area contributed by atoms with Gasteiger partial charge in [0.25, 0.3) is 5.91 Å². The topological polar surface area (TPSA) is 54.0 Å². The van der Waals surface area contributed by atoms with Crippen molar-refractivity contribution in [3.05, 3.63) is 15.6 Å². The average Bonchev–Trinajstić information content (AvgIpc) is 2.65. The van der Waals surface area contributed by atoms with Gasteiger partial charge in [0.1, 0.15) is 4.88 Å². The van der Waals surface area contributed by atoms with Crippen LogP contribution < -0.4 is 10.6 Å². The van der Waals surface area contributed by atoms with Crippen LogP contribution in [0, 0.1) is 12.8 Å². The smallest absolute Gasteiger partial charge is 0.263 e. The van der Waals surface area contributed by atoms with Crippen molar-refractivity contribution in [1.82, 2.24) is 15.6 Å². The Bertz CT molecular complexity index is 401. The number of amides is 1. The van der Waals surface area contributed by atoms with Gasteiger partial charge in [-0.25, -0.2) is 4.98 Å². The molecule has 0 aliphatic rings. The fraction of sp³-hybridized carbons (Fsp3) is 0.692. The Morgan fingerprint density at radius 2 is 2.06 bits per heavy atom. The number of carbonyl (C=O) groups excluding carboxylic acids is 1. The maximum Gasteiger partial charge on any atom is 0.263 e. The molecule has 0 aliphatic carbocycles. The second-order valence-corrected chi connectivity index (χ2v) is 6.10. The van der Waals surface area contributed by atoms with Crippen LogP contribution in [0.4, 0.5) is 0 Å². The van der Waals surface area contributed by atoms with Crippen molar-refractivity contribution in [2.24, 2.45) is 5.92 Å². The van der Waals surface area contributed by atoms with E-state index in [1.165, 1.54) is 11.3 Å². The standard InChI is InChI=1S/C13H23N3OS/c1-8(2)6-11-16-10(4)12(18-11)13(17)15-7-9(3)14-5/h8-9,14H,6-7H2,1-5H3,(H,15,17). The van der Waals surface area contributed by atoms with Gasteiger partial charge in [-0.3, -0.25) is 4.79 Å². The predicted molar refractivity (Wildman–Crippen MR) is 76.2 cm³/mol. The molecule has 1 aromatic rings. The van der Waals surface area contributed by atoms with E-state index < -0.39 is 0 Å². The number of thiazole rings is 1. The molecule has 1 atom stereocenters. The molecule has 0 aliphatic heterocycles. The molecule has 1 heterocycles. The zero-order valence-electron chi connectivity index (χ0n) is 11.8. The Hall–Kier alpha value is -0.940. The highest BCUT2D eigenvalue weighted by molar-refractivity contribution is 7.13. The molecule has 1 amide bonds. The van der Waals surface area contributed by atoms with Gasteiger partial charge in [0, 0.05) is 19.0 Å². The first kappa shape index (κ1) is 15.1. The summed E-state index contributed by atoms with van der Waals surface area (Å²) in [6, 6.07) is 0.275. The van der Waals surface area contributed by atoms with E-state index in [1.807, 2.05) is 20.9 Å². The SMILES string of the molecule is CNC(C)CNC(=O)c1sc(CC(C)C)nc1C. The molecule has 0 aromatic carbocycles. The molecular formula is C13H23N3OS. The number of rotatable bonds is 6. The summed E-state index contributed by atoms with van der Waals surface area (Å²) in [6.45, 7) is 8.88. The van der Waals surface area contributed by atoms with Crippen molar-refractivity contribution >= 4 is 17.2 Å². The third-order valence-electron chi connectivity index (χ3n) is 2.69. The Balaban J connectivity index is 2.65. The molecule has 4 nitrogen and oxygen atoms in total. The monoisotopic (exact) mass is 269 g/mol. The molecule has 102 valence electrons. The molecule has 1 aromatic heterocycles. The number of nitrogens with one attached hydrogen (secondary N) is 2. The van der Waals surface area contributed by atoms with Crippen molar-refractivity contribution < 1.29 is 4.79 Å². The Morgan fingerprint density at radius 3 is 2.61 bits per heavy atom.